The van der Waals surface area contributed by atoms with Gasteiger partial charge in [0.05, 0.1) is 13.2 Å². The van der Waals surface area contributed by atoms with Crippen molar-refractivity contribution in [2.24, 2.45) is 0 Å². The van der Waals surface area contributed by atoms with E-state index in [0.717, 1.165) is 28.0 Å². The summed E-state index contributed by atoms with van der Waals surface area (Å²) in [6.07, 6.45) is 0. The van der Waals surface area contributed by atoms with Gasteiger partial charge in [-0.25, -0.2) is 0 Å². The van der Waals surface area contributed by atoms with E-state index in [4.69, 9.17) is 9.84 Å². The van der Waals surface area contributed by atoms with Gasteiger partial charge in [-0.15, -0.1) is 10.2 Å². The summed E-state index contributed by atoms with van der Waals surface area (Å²) in [5, 5.41) is 18.5. The van der Waals surface area contributed by atoms with Crippen LogP contribution in [0.5, 0.6) is 5.75 Å². The second kappa shape index (κ2) is 7.99. The van der Waals surface area contributed by atoms with Crippen LogP contribution in [-0.4, -0.2) is 38.8 Å². The molecule has 3 rings (SSSR count). The first kappa shape index (κ1) is 16.5. The largest absolute Gasteiger partial charge is 0.494 e. The van der Waals surface area contributed by atoms with Crippen LogP contribution in [0.3, 0.4) is 0 Å². The molecule has 1 N–H and O–H groups in total. The molecule has 6 heteroatoms. The van der Waals surface area contributed by atoms with Gasteiger partial charge in [-0.1, -0.05) is 42.1 Å². The normalized spacial score (nSPS) is 10.8. The monoisotopic (exact) mass is 341 g/mol. The number of rotatable bonds is 7. The number of hydrogen-bond donors (Lipinski definition) is 1. The lowest BCUT2D eigenvalue weighted by Crippen LogP contribution is -2.01. The molecule has 2 aromatic carbocycles. The molecular formula is C18H19N3O2S. The molecule has 0 aliphatic heterocycles. The first-order valence-corrected chi connectivity index (χ1v) is 8.79. The Morgan fingerprint density at radius 3 is 2.46 bits per heavy atom. The number of aliphatic hydroxyl groups is 1. The van der Waals surface area contributed by atoms with Gasteiger partial charge >= 0.3 is 0 Å². The van der Waals surface area contributed by atoms with Gasteiger partial charge in [0.1, 0.15) is 5.75 Å². The van der Waals surface area contributed by atoms with E-state index in [1.807, 2.05) is 66.1 Å². The van der Waals surface area contributed by atoms with Crippen molar-refractivity contribution in [2.75, 3.05) is 19.0 Å². The SMILES string of the molecule is CCOc1ccc(-n2c(SCCO)nnc2-c2ccccc2)cc1. The fraction of sp³-hybridized carbons (Fsp3) is 0.222. The minimum absolute atomic E-state index is 0.0987. The van der Waals surface area contributed by atoms with Gasteiger partial charge in [0.2, 0.25) is 0 Å². The minimum atomic E-state index is 0.0987. The summed E-state index contributed by atoms with van der Waals surface area (Å²) >= 11 is 1.48. The highest BCUT2D eigenvalue weighted by Gasteiger charge is 2.15. The highest BCUT2D eigenvalue weighted by molar-refractivity contribution is 7.99. The third-order valence-electron chi connectivity index (χ3n) is 3.39. The van der Waals surface area contributed by atoms with Crippen LogP contribution in [0.2, 0.25) is 0 Å². The average Bonchev–Trinajstić information content (AvgIpc) is 3.05. The molecule has 0 spiro atoms. The number of aromatic nitrogens is 3. The highest BCUT2D eigenvalue weighted by Crippen LogP contribution is 2.28. The number of thioether (sulfide) groups is 1. The Morgan fingerprint density at radius 1 is 1.04 bits per heavy atom. The zero-order chi connectivity index (χ0) is 16.8. The second-order valence-electron chi connectivity index (χ2n) is 5.01. The highest BCUT2D eigenvalue weighted by atomic mass is 32.2. The fourth-order valence-corrected chi connectivity index (χ4v) is 3.06. The van der Waals surface area contributed by atoms with Gasteiger partial charge in [-0.3, -0.25) is 4.57 Å². The van der Waals surface area contributed by atoms with Gasteiger partial charge in [0.25, 0.3) is 0 Å². The molecule has 124 valence electrons. The number of benzene rings is 2. The molecule has 1 aromatic heterocycles. The molecule has 3 aromatic rings. The lowest BCUT2D eigenvalue weighted by atomic mass is 10.2. The van der Waals surface area contributed by atoms with Crippen LogP contribution in [0.4, 0.5) is 0 Å². The van der Waals surface area contributed by atoms with E-state index in [0.29, 0.717) is 12.4 Å². The summed E-state index contributed by atoms with van der Waals surface area (Å²) in [4.78, 5) is 0. The first-order valence-electron chi connectivity index (χ1n) is 7.81. The lowest BCUT2D eigenvalue weighted by Gasteiger charge is -2.11. The molecule has 24 heavy (non-hydrogen) atoms. The molecule has 0 fully saturated rings. The Balaban J connectivity index is 2.04. The van der Waals surface area contributed by atoms with E-state index in [-0.39, 0.29) is 6.61 Å². The number of nitrogens with zero attached hydrogens (tertiary/aromatic N) is 3. The molecule has 0 aliphatic rings. The van der Waals surface area contributed by atoms with Crippen LogP contribution < -0.4 is 4.74 Å². The van der Waals surface area contributed by atoms with Gasteiger partial charge in [0.15, 0.2) is 11.0 Å². The Bertz CT molecular complexity index is 773. The zero-order valence-electron chi connectivity index (χ0n) is 13.4. The van der Waals surface area contributed by atoms with Gasteiger partial charge < -0.3 is 9.84 Å². The van der Waals surface area contributed by atoms with Crippen molar-refractivity contribution in [3.8, 4) is 22.8 Å². The second-order valence-corrected chi connectivity index (χ2v) is 6.07. The van der Waals surface area contributed by atoms with Crippen LogP contribution in [0.1, 0.15) is 6.92 Å². The molecule has 0 aliphatic carbocycles. The van der Waals surface area contributed by atoms with Gasteiger partial charge in [-0.2, -0.15) is 0 Å². The van der Waals surface area contributed by atoms with Crippen molar-refractivity contribution < 1.29 is 9.84 Å². The molecule has 0 atom stereocenters. The Hall–Kier alpha value is -2.31. The van der Waals surface area contributed by atoms with Crippen LogP contribution >= 0.6 is 11.8 Å². The summed E-state index contributed by atoms with van der Waals surface area (Å²) in [5.41, 5.74) is 1.96. The molecular weight excluding hydrogens is 322 g/mol. The van der Waals surface area contributed by atoms with Crippen LogP contribution in [0, 0.1) is 0 Å². The molecule has 0 saturated carbocycles. The predicted molar refractivity (Wildman–Crippen MR) is 95.8 cm³/mol. The molecule has 0 unspecified atom stereocenters. The maximum absolute atomic E-state index is 9.11. The van der Waals surface area contributed by atoms with Crippen molar-refractivity contribution >= 4 is 11.8 Å². The van der Waals surface area contributed by atoms with Crippen LogP contribution in [0.25, 0.3) is 17.1 Å². The number of ether oxygens (including phenoxy) is 1. The summed E-state index contributed by atoms with van der Waals surface area (Å²) < 4.78 is 7.51. The van der Waals surface area contributed by atoms with Crippen molar-refractivity contribution in [3.63, 3.8) is 0 Å². The van der Waals surface area contributed by atoms with Crippen molar-refractivity contribution in [2.45, 2.75) is 12.1 Å². The van der Waals surface area contributed by atoms with Crippen molar-refractivity contribution in [1.29, 1.82) is 0 Å². The molecule has 0 bridgehead atoms. The van der Waals surface area contributed by atoms with Gasteiger partial charge in [0, 0.05) is 17.0 Å². The fourth-order valence-electron chi connectivity index (χ4n) is 2.37. The summed E-state index contributed by atoms with van der Waals surface area (Å²) in [7, 11) is 0. The number of hydrogen-bond acceptors (Lipinski definition) is 5. The summed E-state index contributed by atoms with van der Waals surface area (Å²) in [6.45, 7) is 2.70. The van der Waals surface area contributed by atoms with E-state index in [9.17, 15) is 0 Å². The molecule has 1 heterocycles. The maximum atomic E-state index is 9.11. The maximum Gasteiger partial charge on any atom is 0.196 e. The molecule has 5 nitrogen and oxygen atoms in total. The third-order valence-corrected chi connectivity index (χ3v) is 4.30. The number of aliphatic hydroxyl groups excluding tert-OH is 1. The third kappa shape index (κ3) is 3.60. The first-order chi connectivity index (χ1) is 11.8. The minimum Gasteiger partial charge on any atom is -0.494 e. The van der Waals surface area contributed by atoms with Crippen LogP contribution in [0.15, 0.2) is 59.8 Å². The zero-order valence-corrected chi connectivity index (χ0v) is 14.2. The topological polar surface area (TPSA) is 60.2 Å². The average molecular weight is 341 g/mol. The van der Waals surface area contributed by atoms with E-state index in [2.05, 4.69) is 10.2 Å². The van der Waals surface area contributed by atoms with Crippen molar-refractivity contribution in [1.82, 2.24) is 14.8 Å². The quantitative estimate of drug-likeness (QED) is 0.667. The standard InChI is InChI=1S/C18H19N3O2S/c1-2-23-16-10-8-15(9-11-16)21-17(14-6-4-3-5-7-14)19-20-18(21)24-13-12-22/h3-11,22H,2,12-13H2,1H3. The predicted octanol–water partition coefficient (Wildman–Crippen LogP) is 3.42. The van der Waals surface area contributed by atoms with E-state index in [1.165, 1.54) is 11.8 Å². The smallest absolute Gasteiger partial charge is 0.196 e. The molecule has 0 radical (unpaired) electrons. The van der Waals surface area contributed by atoms with Gasteiger partial charge in [-0.05, 0) is 31.2 Å². The van der Waals surface area contributed by atoms with E-state index >= 15 is 0 Å². The Morgan fingerprint density at radius 2 is 1.79 bits per heavy atom. The van der Waals surface area contributed by atoms with E-state index in [1.54, 1.807) is 0 Å². The molecule has 0 saturated heterocycles. The lowest BCUT2D eigenvalue weighted by molar-refractivity contribution is 0.322. The van der Waals surface area contributed by atoms with E-state index < -0.39 is 0 Å². The Kier molecular flexibility index (Phi) is 5.51. The summed E-state index contributed by atoms with van der Waals surface area (Å²) in [6, 6.07) is 17.8. The Labute approximate surface area is 145 Å². The van der Waals surface area contributed by atoms with Crippen molar-refractivity contribution in [3.05, 3.63) is 54.6 Å². The molecule has 0 amide bonds. The van der Waals surface area contributed by atoms with Crippen LogP contribution in [-0.2, 0) is 0 Å². The summed E-state index contributed by atoms with van der Waals surface area (Å²) in [5.74, 6) is 2.18.